The van der Waals surface area contributed by atoms with E-state index in [9.17, 15) is 8.78 Å². The number of benzene rings is 1. The number of hydrogen-bond acceptors (Lipinski definition) is 5. The van der Waals surface area contributed by atoms with Gasteiger partial charge in [-0.1, -0.05) is 6.07 Å². The molecule has 0 unspecified atom stereocenters. The molecule has 1 fully saturated rings. The fourth-order valence-electron chi connectivity index (χ4n) is 3.08. The molecule has 1 atom stereocenters. The van der Waals surface area contributed by atoms with Crippen LogP contribution in [0.4, 0.5) is 8.78 Å². The van der Waals surface area contributed by atoms with Gasteiger partial charge >= 0.3 is 6.29 Å². The molecule has 5 nitrogen and oxygen atoms in total. The predicted molar refractivity (Wildman–Crippen MR) is 77.6 cm³/mol. The molecule has 0 bridgehead atoms. The summed E-state index contributed by atoms with van der Waals surface area (Å²) in [5.41, 5.74) is 0.835. The summed E-state index contributed by atoms with van der Waals surface area (Å²) in [5, 5.41) is 3.30. The minimum atomic E-state index is -3.60. The SMILES string of the molecule is FC1(F)Oc2ccc([C@@H](c3ccco3)N3CCNCC3)cc2O1. The van der Waals surface area contributed by atoms with Gasteiger partial charge < -0.3 is 19.2 Å². The van der Waals surface area contributed by atoms with Crippen molar-refractivity contribution in [2.45, 2.75) is 12.3 Å². The Morgan fingerprint density at radius 1 is 1.09 bits per heavy atom. The lowest BCUT2D eigenvalue weighted by molar-refractivity contribution is -0.286. The summed E-state index contributed by atoms with van der Waals surface area (Å²) >= 11 is 0. The van der Waals surface area contributed by atoms with Crippen molar-refractivity contribution < 1.29 is 22.7 Å². The Hall–Kier alpha value is -2.12. The molecule has 23 heavy (non-hydrogen) atoms. The first-order valence-corrected chi connectivity index (χ1v) is 7.50. The molecule has 1 aromatic carbocycles. The van der Waals surface area contributed by atoms with E-state index in [4.69, 9.17) is 4.42 Å². The molecule has 1 saturated heterocycles. The second-order valence-electron chi connectivity index (χ2n) is 5.58. The van der Waals surface area contributed by atoms with Gasteiger partial charge in [-0.15, -0.1) is 8.78 Å². The number of furan rings is 1. The largest absolute Gasteiger partial charge is 0.586 e. The molecule has 0 amide bonds. The summed E-state index contributed by atoms with van der Waals surface area (Å²) in [6, 6.07) is 8.47. The third-order valence-electron chi connectivity index (χ3n) is 4.07. The number of hydrogen-bond donors (Lipinski definition) is 1. The Kier molecular flexibility index (Phi) is 3.46. The number of halogens is 2. The highest BCUT2D eigenvalue weighted by molar-refractivity contribution is 5.47. The Balaban J connectivity index is 1.70. The third-order valence-corrected chi connectivity index (χ3v) is 4.07. The second kappa shape index (κ2) is 5.50. The molecule has 0 aliphatic carbocycles. The highest BCUT2D eigenvalue weighted by Gasteiger charge is 2.43. The summed E-state index contributed by atoms with van der Waals surface area (Å²) < 4.78 is 41.0. The first-order chi connectivity index (χ1) is 11.1. The molecule has 2 aromatic rings. The number of rotatable bonds is 3. The molecular formula is C16H16F2N2O3. The van der Waals surface area contributed by atoms with Gasteiger partial charge in [0.25, 0.3) is 0 Å². The van der Waals surface area contributed by atoms with Crippen LogP contribution in [0.25, 0.3) is 0 Å². The van der Waals surface area contributed by atoms with E-state index in [1.807, 2.05) is 12.1 Å². The van der Waals surface area contributed by atoms with Crippen molar-refractivity contribution in [3.63, 3.8) is 0 Å². The fourth-order valence-corrected chi connectivity index (χ4v) is 3.08. The number of nitrogens with one attached hydrogen (secondary N) is 1. The summed E-state index contributed by atoms with van der Waals surface area (Å²) in [6.07, 6.45) is -1.98. The first-order valence-electron chi connectivity index (χ1n) is 7.50. The minimum absolute atomic E-state index is 0.0530. The van der Waals surface area contributed by atoms with E-state index in [-0.39, 0.29) is 17.5 Å². The van der Waals surface area contributed by atoms with Crippen molar-refractivity contribution in [1.29, 1.82) is 0 Å². The number of piperazine rings is 1. The predicted octanol–water partition coefficient (Wildman–Crippen LogP) is 2.60. The molecule has 2 aliphatic heterocycles. The molecule has 1 aromatic heterocycles. The Morgan fingerprint density at radius 3 is 2.61 bits per heavy atom. The van der Waals surface area contributed by atoms with E-state index < -0.39 is 6.29 Å². The maximum atomic E-state index is 13.2. The van der Waals surface area contributed by atoms with E-state index in [2.05, 4.69) is 19.7 Å². The van der Waals surface area contributed by atoms with E-state index in [0.717, 1.165) is 37.5 Å². The van der Waals surface area contributed by atoms with Gasteiger partial charge in [0.1, 0.15) is 5.76 Å². The van der Waals surface area contributed by atoms with Gasteiger partial charge in [0.05, 0.1) is 12.3 Å². The first kappa shape index (κ1) is 14.5. The molecule has 122 valence electrons. The summed E-state index contributed by atoms with van der Waals surface area (Å²) in [5.74, 6) is 0.883. The zero-order chi connectivity index (χ0) is 15.9. The molecular weight excluding hydrogens is 306 g/mol. The number of nitrogens with zero attached hydrogens (tertiary/aromatic N) is 1. The number of fused-ring (bicyclic) bond motifs is 1. The van der Waals surface area contributed by atoms with Crippen LogP contribution in [0.5, 0.6) is 11.5 Å². The van der Waals surface area contributed by atoms with Gasteiger partial charge in [-0.05, 0) is 29.8 Å². The van der Waals surface area contributed by atoms with Crippen molar-refractivity contribution in [2.24, 2.45) is 0 Å². The number of ether oxygens (including phenoxy) is 2. The monoisotopic (exact) mass is 322 g/mol. The Morgan fingerprint density at radius 2 is 1.87 bits per heavy atom. The van der Waals surface area contributed by atoms with Crippen molar-refractivity contribution in [3.8, 4) is 11.5 Å². The van der Waals surface area contributed by atoms with Crippen LogP contribution < -0.4 is 14.8 Å². The van der Waals surface area contributed by atoms with Gasteiger partial charge in [0, 0.05) is 26.2 Å². The lowest BCUT2D eigenvalue weighted by Crippen LogP contribution is -2.45. The molecule has 7 heteroatoms. The van der Waals surface area contributed by atoms with Crippen molar-refractivity contribution in [2.75, 3.05) is 26.2 Å². The molecule has 0 radical (unpaired) electrons. The van der Waals surface area contributed by atoms with E-state index in [1.54, 1.807) is 18.4 Å². The van der Waals surface area contributed by atoms with Gasteiger partial charge in [0.2, 0.25) is 0 Å². The molecule has 0 saturated carbocycles. The molecule has 0 spiro atoms. The van der Waals surface area contributed by atoms with Crippen molar-refractivity contribution in [3.05, 3.63) is 47.9 Å². The van der Waals surface area contributed by atoms with Crippen LogP contribution in [-0.2, 0) is 0 Å². The smallest absolute Gasteiger partial charge is 0.467 e. The van der Waals surface area contributed by atoms with E-state index in [1.165, 1.54) is 6.07 Å². The normalized spacial score (nSPS) is 21.3. The average Bonchev–Trinajstić information content (AvgIpc) is 3.14. The van der Waals surface area contributed by atoms with Crippen LogP contribution in [-0.4, -0.2) is 37.4 Å². The van der Waals surface area contributed by atoms with E-state index in [0.29, 0.717) is 0 Å². The van der Waals surface area contributed by atoms with Crippen LogP contribution in [0.15, 0.2) is 41.0 Å². The molecule has 1 N–H and O–H groups in total. The van der Waals surface area contributed by atoms with Crippen LogP contribution in [0.1, 0.15) is 17.4 Å². The fraction of sp³-hybridized carbons (Fsp3) is 0.375. The van der Waals surface area contributed by atoms with Crippen molar-refractivity contribution in [1.82, 2.24) is 10.2 Å². The minimum Gasteiger partial charge on any atom is -0.467 e. The molecule has 4 rings (SSSR count). The van der Waals surface area contributed by atoms with Gasteiger partial charge in [-0.25, -0.2) is 0 Å². The Bertz CT molecular complexity index is 685. The van der Waals surface area contributed by atoms with Crippen LogP contribution in [0.2, 0.25) is 0 Å². The molecule has 2 aliphatic rings. The number of alkyl halides is 2. The molecule has 3 heterocycles. The summed E-state index contributed by atoms with van der Waals surface area (Å²) in [6.45, 7) is 3.44. The van der Waals surface area contributed by atoms with Crippen LogP contribution in [0, 0.1) is 0 Å². The maximum absolute atomic E-state index is 13.2. The zero-order valence-electron chi connectivity index (χ0n) is 12.3. The lowest BCUT2D eigenvalue weighted by atomic mass is 10.0. The van der Waals surface area contributed by atoms with Gasteiger partial charge in [-0.2, -0.15) is 0 Å². The average molecular weight is 322 g/mol. The maximum Gasteiger partial charge on any atom is 0.586 e. The van der Waals surface area contributed by atoms with Crippen molar-refractivity contribution >= 4 is 0 Å². The summed E-state index contributed by atoms with van der Waals surface area (Å²) in [7, 11) is 0. The second-order valence-corrected chi connectivity index (χ2v) is 5.58. The highest BCUT2D eigenvalue weighted by atomic mass is 19.3. The third kappa shape index (κ3) is 2.77. The van der Waals surface area contributed by atoms with Gasteiger partial charge in [-0.3, -0.25) is 4.90 Å². The quantitative estimate of drug-likeness (QED) is 0.941. The summed E-state index contributed by atoms with van der Waals surface area (Å²) in [4.78, 5) is 2.25. The topological polar surface area (TPSA) is 46.9 Å². The standard InChI is InChI=1S/C16H16F2N2O3/c17-16(18)22-12-4-3-11(10-14(12)23-16)15(13-2-1-9-21-13)20-7-5-19-6-8-20/h1-4,9-10,15,19H,5-8H2/t15-/m0/s1. The van der Waals surface area contributed by atoms with Crippen LogP contribution in [0.3, 0.4) is 0 Å². The van der Waals surface area contributed by atoms with E-state index >= 15 is 0 Å². The zero-order valence-corrected chi connectivity index (χ0v) is 12.3. The lowest BCUT2D eigenvalue weighted by Gasteiger charge is -2.34. The highest BCUT2D eigenvalue weighted by Crippen LogP contribution is 2.43. The van der Waals surface area contributed by atoms with Gasteiger partial charge in [0.15, 0.2) is 11.5 Å². The Labute approximate surface area is 131 Å². The van der Waals surface area contributed by atoms with Crippen LogP contribution >= 0.6 is 0 Å².